The zero-order valence-electron chi connectivity index (χ0n) is 8.54. The van der Waals surface area contributed by atoms with Crippen molar-refractivity contribution in [1.82, 2.24) is 5.32 Å². The molecule has 0 saturated heterocycles. The van der Waals surface area contributed by atoms with Crippen LogP contribution in [-0.2, 0) is 4.79 Å². The van der Waals surface area contributed by atoms with Gasteiger partial charge in [-0.15, -0.1) is 0 Å². The van der Waals surface area contributed by atoms with E-state index in [1.807, 2.05) is 0 Å². The molecule has 4 nitrogen and oxygen atoms in total. The van der Waals surface area contributed by atoms with Gasteiger partial charge in [0.15, 0.2) is 0 Å². The van der Waals surface area contributed by atoms with Crippen molar-refractivity contribution < 1.29 is 9.90 Å². The minimum Gasteiger partial charge on any atom is -0.480 e. The SMILES string of the molecule is NC(CCNCC1CCCC1)C(=O)O. The number of carboxylic acids is 1. The Morgan fingerprint density at radius 1 is 1.50 bits per heavy atom. The van der Waals surface area contributed by atoms with E-state index < -0.39 is 12.0 Å². The first-order valence-corrected chi connectivity index (χ1v) is 5.39. The van der Waals surface area contributed by atoms with E-state index in [1.165, 1.54) is 25.7 Å². The average molecular weight is 200 g/mol. The van der Waals surface area contributed by atoms with Gasteiger partial charge in [-0.1, -0.05) is 12.8 Å². The van der Waals surface area contributed by atoms with Crippen LogP contribution in [0.25, 0.3) is 0 Å². The van der Waals surface area contributed by atoms with E-state index in [2.05, 4.69) is 5.32 Å². The highest BCUT2D eigenvalue weighted by molar-refractivity contribution is 5.72. The highest BCUT2D eigenvalue weighted by atomic mass is 16.4. The van der Waals surface area contributed by atoms with Crippen molar-refractivity contribution >= 4 is 5.97 Å². The Morgan fingerprint density at radius 2 is 2.14 bits per heavy atom. The third-order valence-corrected chi connectivity index (χ3v) is 2.86. The highest BCUT2D eigenvalue weighted by Gasteiger charge is 2.15. The monoisotopic (exact) mass is 200 g/mol. The van der Waals surface area contributed by atoms with Gasteiger partial charge in [-0.3, -0.25) is 4.79 Å². The minimum absolute atomic E-state index is 0.516. The zero-order chi connectivity index (χ0) is 10.4. The number of hydrogen-bond acceptors (Lipinski definition) is 3. The number of nitrogens with one attached hydrogen (secondary N) is 1. The summed E-state index contributed by atoms with van der Waals surface area (Å²) in [7, 11) is 0. The Morgan fingerprint density at radius 3 is 2.71 bits per heavy atom. The normalized spacial score (nSPS) is 19.8. The molecule has 4 heteroatoms. The summed E-state index contributed by atoms with van der Waals surface area (Å²) in [4.78, 5) is 10.4. The highest BCUT2D eigenvalue weighted by Crippen LogP contribution is 2.23. The van der Waals surface area contributed by atoms with Crippen LogP contribution in [0.1, 0.15) is 32.1 Å². The molecule has 0 bridgehead atoms. The van der Waals surface area contributed by atoms with Crippen LogP contribution in [0.5, 0.6) is 0 Å². The molecule has 0 aliphatic heterocycles. The minimum atomic E-state index is -0.910. The summed E-state index contributed by atoms with van der Waals surface area (Å²) in [5.74, 6) is -0.108. The van der Waals surface area contributed by atoms with Crippen molar-refractivity contribution in [1.29, 1.82) is 0 Å². The van der Waals surface area contributed by atoms with Gasteiger partial charge in [-0.05, 0) is 38.3 Å². The summed E-state index contributed by atoms with van der Waals surface area (Å²) in [6.07, 6.45) is 5.85. The summed E-state index contributed by atoms with van der Waals surface area (Å²) < 4.78 is 0. The van der Waals surface area contributed by atoms with Gasteiger partial charge in [0.1, 0.15) is 6.04 Å². The third-order valence-electron chi connectivity index (χ3n) is 2.86. The molecular formula is C10H20N2O2. The van der Waals surface area contributed by atoms with Crippen LogP contribution in [0, 0.1) is 5.92 Å². The fourth-order valence-electron chi connectivity index (χ4n) is 1.90. The van der Waals surface area contributed by atoms with Crippen molar-refractivity contribution in [3.63, 3.8) is 0 Å². The largest absolute Gasteiger partial charge is 0.480 e. The standard InChI is InChI=1S/C10H20N2O2/c11-9(10(13)14)5-6-12-7-8-3-1-2-4-8/h8-9,12H,1-7,11H2,(H,13,14). The molecule has 1 aliphatic rings. The molecule has 0 amide bonds. The zero-order valence-corrected chi connectivity index (χ0v) is 8.54. The maximum atomic E-state index is 10.4. The maximum absolute atomic E-state index is 10.4. The first-order valence-electron chi connectivity index (χ1n) is 5.39. The van der Waals surface area contributed by atoms with E-state index >= 15 is 0 Å². The van der Waals surface area contributed by atoms with Crippen molar-refractivity contribution in [2.24, 2.45) is 11.7 Å². The Labute approximate surface area is 84.9 Å². The number of rotatable bonds is 6. The van der Waals surface area contributed by atoms with Crippen LogP contribution in [0.15, 0.2) is 0 Å². The molecule has 14 heavy (non-hydrogen) atoms. The second-order valence-electron chi connectivity index (χ2n) is 4.09. The first kappa shape index (κ1) is 11.5. The molecule has 82 valence electrons. The maximum Gasteiger partial charge on any atom is 0.320 e. The summed E-state index contributed by atoms with van der Waals surface area (Å²) in [5, 5.41) is 11.8. The number of carboxylic acid groups (broad SMARTS) is 1. The van der Waals surface area contributed by atoms with E-state index in [0.29, 0.717) is 13.0 Å². The van der Waals surface area contributed by atoms with E-state index in [0.717, 1.165) is 12.5 Å². The third kappa shape index (κ3) is 4.07. The van der Waals surface area contributed by atoms with Gasteiger partial charge in [-0.2, -0.15) is 0 Å². The Hall–Kier alpha value is -0.610. The summed E-state index contributed by atoms with van der Waals surface area (Å²) in [5.41, 5.74) is 5.37. The Balaban J connectivity index is 1.95. The van der Waals surface area contributed by atoms with Crippen molar-refractivity contribution in [2.75, 3.05) is 13.1 Å². The van der Waals surface area contributed by atoms with E-state index in [4.69, 9.17) is 10.8 Å². The molecule has 0 aromatic heterocycles. The van der Waals surface area contributed by atoms with Crippen LogP contribution in [0.2, 0.25) is 0 Å². The predicted octanol–water partition coefficient (Wildman–Crippen LogP) is 0.568. The number of hydrogen-bond donors (Lipinski definition) is 3. The van der Waals surface area contributed by atoms with Gasteiger partial charge in [0, 0.05) is 0 Å². The molecule has 0 radical (unpaired) electrons. The van der Waals surface area contributed by atoms with Crippen LogP contribution < -0.4 is 11.1 Å². The molecule has 0 spiro atoms. The van der Waals surface area contributed by atoms with Crippen LogP contribution in [0.3, 0.4) is 0 Å². The van der Waals surface area contributed by atoms with Gasteiger partial charge in [-0.25, -0.2) is 0 Å². The van der Waals surface area contributed by atoms with E-state index in [-0.39, 0.29) is 0 Å². The summed E-state index contributed by atoms with van der Waals surface area (Å²) >= 11 is 0. The lowest BCUT2D eigenvalue weighted by Gasteiger charge is -2.11. The second kappa shape index (κ2) is 5.98. The predicted molar refractivity (Wildman–Crippen MR) is 55.1 cm³/mol. The van der Waals surface area contributed by atoms with Crippen LogP contribution in [0.4, 0.5) is 0 Å². The molecule has 1 saturated carbocycles. The summed E-state index contributed by atoms with van der Waals surface area (Å²) in [6, 6.07) is -0.717. The molecule has 0 aromatic rings. The molecule has 0 aromatic carbocycles. The Bertz CT molecular complexity index is 179. The molecule has 1 unspecified atom stereocenters. The van der Waals surface area contributed by atoms with Crippen molar-refractivity contribution in [3.05, 3.63) is 0 Å². The van der Waals surface area contributed by atoms with Gasteiger partial charge >= 0.3 is 5.97 Å². The molecular weight excluding hydrogens is 180 g/mol. The smallest absolute Gasteiger partial charge is 0.320 e. The van der Waals surface area contributed by atoms with Gasteiger partial charge in [0.2, 0.25) is 0 Å². The quantitative estimate of drug-likeness (QED) is 0.548. The molecule has 4 N–H and O–H groups in total. The lowest BCUT2D eigenvalue weighted by molar-refractivity contribution is -0.138. The van der Waals surface area contributed by atoms with Gasteiger partial charge in [0.25, 0.3) is 0 Å². The second-order valence-corrected chi connectivity index (χ2v) is 4.09. The van der Waals surface area contributed by atoms with Crippen LogP contribution >= 0.6 is 0 Å². The van der Waals surface area contributed by atoms with Gasteiger partial charge in [0.05, 0.1) is 0 Å². The van der Waals surface area contributed by atoms with Gasteiger partial charge < -0.3 is 16.2 Å². The van der Waals surface area contributed by atoms with Crippen LogP contribution in [-0.4, -0.2) is 30.2 Å². The number of nitrogens with two attached hydrogens (primary N) is 1. The molecule has 1 fully saturated rings. The fraction of sp³-hybridized carbons (Fsp3) is 0.900. The fourth-order valence-corrected chi connectivity index (χ4v) is 1.90. The Kier molecular flexibility index (Phi) is 4.90. The first-order chi connectivity index (χ1) is 6.70. The molecule has 1 aliphatic carbocycles. The number of carbonyl (C=O) groups is 1. The molecule has 1 atom stereocenters. The van der Waals surface area contributed by atoms with Crippen molar-refractivity contribution in [2.45, 2.75) is 38.1 Å². The summed E-state index contributed by atoms with van der Waals surface area (Å²) in [6.45, 7) is 1.73. The lowest BCUT2D eigenvalue weighted by Crippen LogP contribution is -2.34. The number of aliphatic carboxylic acids is 1. The van der Waals surface area contributed by atoms with E-state index in [9.17, 15) is 4.79 Å². The van der Waals surface area contributed by atoms with E-state index in [1.54, 1.807) is 0 Å². The van der Waals surface area contributed by atoms with Crippen molar-refractivity contribution in [3.8, 4) is 0 Å². The molecule has 1 rings (SSSR count). The lowest BCUT2D eigenvalue weighted by atomic mass is 10.1. The average Bonchev–Trinajstić information content (AvgIpc) is 2.64. The topological polar surface area (TPSA) is 75.3 Å². The molecule has 0 heterocycles.